The van der Waals surface area contributed by atoms with E-state index in [-0.39, 0.29) is 20.9 Å². The molecule has 0 unspecified atom stereocenters. The third-order valence-electron chi connectivity index (χ3n) is 2.75. The zero-order valence-electron chi connectivity index (χ0n) is 10.4. The number of aliphatic hydroxyl groups is 1. The first kappa shape index (κ1) is 14.6. The lowest BCUT2D eigenvalue weighted by Crippen LogP contribution is -2.29. The van der Waals surface area contributed by atoms with Crippen molar-refractivity contribution in [1.29, 1.82) is 0 Å². The van der Waals surface area contributed by atoms with Crippen LogP contribution in [0.3, 0.4) is 0 Å². The number of hydrogen-bond acceptors (Lipinski definition) is 5. The van der Waals surface area contributed by atoms with E-state index < -0.39 is 30.5 Å². The number of rotatable bonds is 3. The highest BCUT2D eigenvalue weighted by Crippen LogP contribution is 2.24. The molecule has 1 N–H and O–H groups in total. The van der Waals surface area contributed by atoms with E-state index in [0.29, 0.717) is 0 Å². The summed E-state index contributed by atoms with van der Waals surface area (Å²) >= 11 is 3.01. The van der Waals surface area contributed by atoms with E-state index in [2.05, 4.69) is 25.8 Å². The van der Waals surface area contributed by atoms with Crippen molar-refractivity contribution in [3.8, 4) is 0 Å². The Kier molecular flexibility index (Phi) is 4.15. The largest absolute Gasteiger partial charge is 0.468 e. The quantitative estimate of drug-likeness (QED) is 0.839. The Morgan fingerprint density at radius 2 is 2.25 bits per heavy atom. The lowest BCUT2D eigenvalue weighted by atomic mass is 10.1. The fourth-order valence-corrected chi connectivity index (χ4v) is 2.13. The van der Waals surface area contributed by atoms with Crippen molar-refractivity contribution >= 4 is 32.7 Å². The number of carbonyl (C=O) groups excluding carboxylic acids is 1. The van der Waals surface area contributed by atoms with Crippen molar-refractivity contribution in [2.45, 2.75) is 13.2 Å². The minimum atomic E-state index is -0.679. The van der Waals surface area contributed by atoms with Crippen molar-refractivity contribution in [2.75, 3.05) is 7.11 Å². The average Bonchev–Trinajstić information content (AvgIpc) is 2.45. The number of nitrogens with zero attached hydrogens (tertiary/aromatic N) is 2. The van der Waals surface area contributed by atoms with Crippen LogP contribution in [0.1, 0.15) is 5.69 Å². The van der Waals surface area contributed by atoms with Crippen LogP contribution in [-0.2, 0) is 22.7 Å². The second-order valence-corrected chi connectivity index (χ2v) is 4.78. The Hall–Kier alpha value is -1.80. The Morgan fingerprint density at radius 1 is 1.55 bits per heavy atom. The molecule has 0 aliphatic heterocycles. The first-order valence-corrected chi connectivity index (χ1v) is 6.34. The standard InChI is InChI=1S/C12H10BrFN2O4/c1-20-9(18)4-16-12(19)6-2-3-7(13)11(14)10(6)8(5-17)15-16/h2-3,17H,4-5H2,1H3. The molecule has 2 aromatic rings. The molecule has 20 heavy (non-hydrogen) atoms. The molecule has 1 aromatic heterocycles. The van der Waals surface area contributed by atoms with Gasteiger partial charge in [0.05, 0.1) is 29.3 Å². The van der Waals surface area contributed by atoms with Gasteiger partial charge in [-0.2, -0.15) is 5.10 Å². The first-order chi connectivity index (χ1) is 9.49. The summed E-state index contributed by atoms with van der Waals surface area (Å²) in [6.45, 7) is -0.971. The fraction of sp³-hybridized carbons (Fsp3) is 0.250. The molecule has 1 aromatic carbocycles. The molecule has 0 radical (unpaired) electrons. The van der Waals surface area contributed by atoms with Crippen LogP contribution in [0.2, 0.25) is 0 Å². The van der Waals surface area contributed by atoms with Gasteiger partial charge in [-0.25, -0.2) is 9.07 Å². The molecule has 2 rings (SSSR count). The van der Waals surface area contributed by atoms with E-state index in [0.717, 1.165) is 4.68 Å². The summed E-state index contributed by atoms with van der Waals surface area (Å²) in [6, 6.07) is 2.78. The molecule has 6 nitrogen and oxygen atoms in total. The molecule has 0 saturated heterocycles. The summed E-state index contributed by atoms with van der Waals surface area (Å²) in [5.74, 6) is -1.35. The lowest BCUT2D eigenvalue weighted by Gasteiger charge is -2.10. The van der Waals surface area contributed by atoms with Crippen molar-refractivity contribution in [3.63, 3.8) is 0 Å². The van der Waals surface area contributed by atoms with Gasteiger partial charge in [0.15, 0.2) is 0 Å². The molecule has 1 heterocycles. The summed E-state index contributed by atoms with van der Waals surface area (Å²) in [6.07, 6.45) is 0. The second kappa shape index (κ2) is 5.68. The molecule has 0 fully saturated rings. The molecular weight excluding hydrogens is 335 g/mol. The molecule has 0 spiro atoms. The molecule has 0 saturated carbocycles. The summed E-state index contributed by atoms with van der Waals surface area (Å²) in [4.78, 5) is 23.4. The molecule has 0 aliphatic rings. The van der Waals surface area contributed by atoms with E-state index >= 15 is 0 Å². The molecule has 8 heteroatoms. The Labute approximate surface area is 120 Å². The Bertz CT molecular complexity index is 744. The van der Waals surface area contributed by atoms with Crippen molar-refractivity contribution in [3.05, 3.63) is 38.5 Å². The van der Waals surface area contributed by atoms with Gasteiger partial charge in [-0.15, -0.1) is 0 Å². The van der Waals surface area contributed by atoms with Gasteiger partial charge in [0, 0.05) is 5.39 Å². The number of benzene rings is 1. The minimum absolute atomic E-state index is 0.0256. The molecule has 0 bridgehead atoms. The highest BCUT2D eigenvalue weighted by atomic mass is 79.9. The van der Waals surface area contributed by atoms with E-state index in [1.54, 1.807) is 0 Å². The molecule has 106 valence electrons. The van der Waals surface area contributed by atoms with Gasteiger partial charge in [0.2, 0.25) is 0 Å². The zero-order valence-corrected chi connectivity index (χ0v) is 12.0. The maximum atomic E-state index is 14.0. The van der Waals surface area contributed by atoms with Crippen LogP contribution in [0.15, 0.2) is 21.4 Å². The topological polar surface area (TPSA) is 81.4 Å². The minimum Gasteiger partial charge on any atom is -0.468 e. The summed E-state index contributed by atoms with van der Waals surface area (Å²) in [5, 5.41) is 13.1. The van der Waals surface area contributed by atoms with E-state index in [4.69, 9.17) is 0 Å². The Morgan fingerprint density at radius 3 is 2.85 bits per heavy atom. The van der Waals surface area contributed by atoms with Gasteiger partial charge < -0.3 is 9.84 Å². The zero-order chi connectivity index (χ0) is 14.9. The average molecular weight is 345 g/mol. The number of esters is 1. The van der Waals surface area contributed by atoms with Gasteiger partial charge in [0.1, 0.15) is 12.4 Å². The van der Waals surface area contributed by atoms with Crippen LogP contribution < -0.4 is 5.56 Å². The Balaban J connectivity index is 2.77. The summed E-state index contributed by atoms with van der Waals surface area (Å²) < 4.78 is 19.5. The number of fused-ring (bicyclic) bond motifs is 1. The first-order valence-electron chi connectivity index (χ1n) is 5.55. The van der Waals surface area contributed by atoms with Crippen molar-refractivity contribution in [2.24, 2.45) is 0 Å². The number of aliphatic hydroxyl groups excluding tert-OH is 1. The third kappa shape index (κ3) is 2.44. The molecular formula is C12H10BrFN2O4. The molecule has 0 aliphatic carbocycles. The van der Waals surface area contributed by atoms with Gasteiger partial charge in [-0.05, 0) is 28.1 Å². The number of carbonyl (C=O) groups is 1. The van der Waals surface area contributed by atoms with Crippen molar-refractivity contribution in [1.82, 2.24) is 9.78 Å². The highest BCUT2D eigenvalue weighted by molar-refractivity contribution is 9.10. The van der Waals surface area contributed by atoms with Crippen LogP contribution in [0.4, 0.5) is 4.39 Å². The van der Waals surface area contributed by atoms with Crippen LogP contribution in [0, 0.1) is 5.82 Å². The van der Waals surface area contributed by atoms with Crippen LogP contribution in [0.25, 0.3) is 10.8 Å². The van der Waals surface area contributed by atoms with E-state index in [9.17, 15) is 19.1 Å². The van der Waals surface area contributed by atoms with Crippen molar-refractivity contribution < 1.29 is 19.0 Å². The van der Waals surface area contributed by atoms with Gasteiger partial charge >= 0.3 is 5.97 Å². The number of halogens is 2. The number of ether oxygens (including phenoxy) is 1. The number of methoxy groups -OCH3 is 1. The van der Waals surface area contributed by atoms with Gasteiger partial charge in [0.25, 0.3) is 5.56 Å². The fourth-order valence-electron chi connectivity index (χ4n) is 1.80. The number of hydrogen-bond donors (Lipinski definition) is 1. The number of aromatic nitrogens is 2. The second-order valence-electron chi connectivity index (χ2n) is 3.93. The predicted molar refractivity (Wildman–Crippen MR) is 71.6 cm³/mol. The SMILES string of the molecule is COC(=O)Cn1nc(CO)c2c(F)c(Br)ccc2c1=O. The summed E-state index contributed by atoms with van der Waals surface area (Å²) in [5.41, 5.74) is -0.656. The van der Waals surface area contributed by atoms with Gasteiger partial charge in [-0.1, -0.05) is 0 Å². The van der Waals surface area contributed by atoms with Crippen LogP contribution >= 0.6 is 15.9 Å². The highest BCUT2D eigenvalue weighted by Gasteiger charge is 2.17. The maximum Gasteiger partial charge on any atom is 0.327 e. The lowest BCUT2D eigenvalue weighted by molar-refractivity contribution is -0.141. The smallest absolute Gasteiger partial charge is 0.327 e. The van der Waals surface area contributed by atoms with Crippen LogP contribution in [0.5, 0.6) is 0 Å². The van der Waals surface area contributed by atoms with E-state index in [1.165, 1.54) is 19.2 Å². The van der Waals surface area contributed by atoms with Crippen LogP contribution in [-0.4, -0.2) is 28.0 Å². The summed E-state index contributed by atoms with van der Waals surface area (Å²) in [7, 11) is 1.18. The third-order valence-corrected chi connectivity index (χ3v) is 3.36. The molecule has 0 atom stereocenters. The normalized spacial score (nSPS) is 10.8. The molecule has 0 amide bonds. The monoisotopic (exact) mass is 344 g/mol. The van der Waals surface area contributed by atoms with E-state index in [1.807, 2.05) is 0 Å². The maximum absolute atomic E-state index is 14.0. The predicted octanol–water partition coefficient (Wildman–Crippen LogP) is 0.963. The van der Waals surface area contributed by atoms with Gasteiger partial charge in [-0.3, -0.25) is 9.59 Å².